The Morgan fingerprint density at radius 2 is 1.82 bits per heavy atom. The average Bonchev–Trinajstić information content (AvgIpc) is 3.27. The molecule has 0 radical (unpaired) electrons. The van der Waals surface area contributed by atoms with Gasteiger partial charge in [0.15, 0.2) is 9.84 Å². The zero-order chi connectivity index (χ0) is 23.4. The number of sulfone groups is 1. The number of aromatic nitrogens is 2. The highest BCUT2D eigenvalue weighted by Gasteiger charge is 2.19. The summed E-state index contributed by atoms with van der Waals surface area (Å²) in [6.45, 7) is 0.260. The number of carbonyl (C=O) groups excluding carboxylic acids is 1. The molecule has 0 unspecified atom stereocenters. The van der Waals surface area contributed by atoms with Gasteiger partial charge in [0.1, 0.15) is 17.2 Å². The second-order valence-corrected chi connectivity index (χ2v) is 9.40. The molecule has 2 aromatic heterocycles. The fourth-order valence-corrected chi connectivity index (χ4v) is 4.82. The second-order valence-electron chi connectivity index (χ2n) is 7.41. The molecule has 0 bridgehead atoms. The van der Waals surface area contributed by atoms with E-state index in [1.165, 1.54) is 26.4 Å². The number of methoxy groups -OCH3 is 2. The first-order chi connectivity index (χ1) is 15.9. The zero-order valence-electron chi connectivity index (χ0n) is 18.2. The van der Waals surface area contributed by atoms with Gasteiger partial charge in [0.05, 0.1) is 24.9 Å². The summed E-state index contributed by atoms with van der Waals surface area (Å²) in [5.74, 6) is 0.552. The third-order valence-electron chi connectivity index (χ3n) is 5.23. The van der Waals surface area contributed by atoms with Crippen molar-refractivity contribution in [1.29, 1.82) is 0 Å². The zero-order valence-corrected chi connectivity index (χ0v) is 19.0. The molecule has 0 saturated carbocycles. The van der Waals surface area contributed by atoms with E-state index in [0.717, 1.165) is 16.5 Å². The summed E-state index contributed by atoms with van der Waals surface area (Å²) < 4.78 is 36.4. The van der Waals surface area contributed by atoms with Gasteiger partial charge < -0.3 is 19.8 Å². The molecule has 170 valence electrons. The molecule has 8 nitrogen and oxygen atoms in total. The molecule has 0 fully saturated rings. The minimum absolute atomic E-state index is 0.186. The van der Waals surface area contributed by atoms with E-state index in [1.54, 1.807) is 54.9 Å². The summed E-state index contributed by atoms with van der Waals surface area (Å²) >= 11 is 0. The predicted molar refractivity (Wildman–Crippen MR) is 124 cm³/mol. The number of H-pyrrole nitrogens is 1. The van der Waals surface area contributed by atoms with Crippen LogP contribution in [0.4, 0.5) is 0 Å². The van der Waals surface area contributed by atoms with Gasteiger partial charge in [-0.2, -0.15) is 0 Å². The van der Waals surface area contributed by atoms with Crippen LogP contribution in [0.5, 0.6) is 11.5 Å². The Balaban J connectivity index is 1.43. The van der Waals surface area contributed by atoms with Crippen LogP contribution in [0.2, 0.25) is 0 Å². The molecule has 4 aromatic rings. The topological polar surface area (TPSA) is 110 Å². The highest BCUT2D eigenvalue weighted by molar-refractivity contribution is 7.90. The van der Waals surface area contributed by atoms with E-state index in [9.17, 15) is 13.2 Å². The van der Waals surface area contributed by atoms with Gasteiger partial charge in [-0.15, -0.1) is 0 Å². The summed E-state index contributed by atoms with van der Waals surface area (Å²) in [4.78, 5) is 19.7. The SMILES string of the molecule is COc1ccc(OC)c(CS(=O)(=O)c2ccc(CNC(=O)c3cc4cnccc4[nH]3)cc2)c1. The molecule has 0 spiro atoms. The van der Waals surface area contributed by atoms with Gasteiger partial charge >= 0.3 is 0 Å². The monoisotopic (exact) mass is 465 g/mol. The van der Waals surface area contributed by atoms with E-state index in [0.29, 0.717) is 22.8 Å². The molecule has 2 aromatic carbocycles. The number of benzene rings is 2. The third-order valence-corrected chi connectivity index (χ3v) is 6.92. The highest BCUT2D eigenvalue weighted by atomic mass is 32.2. The Kier molecular flexibility index (Phi) is 6.32. The molecule has 2 N–H and O–H groups in total. The molecule has 9 heteroatoms. The quantitative estimate of drug-likeness (QED) is 0.412. The van der Waals surface area contributed by atoms with Crippen LogP contribution in [0, 0.1) is 0 Å². The Hall–Kier alpha value is -3.85. The van der Waals surface area contributed by atoms with E-state index in [-0.39, 0.29) is 23.1 Å². The molecule has 4 rings (SSSR count). The molecule has 0 aliphatic rings. The minimum atomic E-state index is -3.61. The number of rotatable bonds is 8. The molecule has 1 amide bonds. The lowest BCUT2D eigenvalue weighted by molar-refractivity contribution is 0.0946. The number of hydrogen-bond acceptors (Lipinski definition) is 6. The summed E-state index contributed by atoms with van der Waals surface area (Å²) in [6, 6.07) is 15.0. The number of ether oxygens (including phenoxy) is 2. The van der Waals surface area contributed by atoms with E-state index in [4.69, 9.17) is 9.47 Å². The standard InChI is InChI=1S/C24H23N3O5S/c1-31-19-5-8-23(32-2)18(11-19)15-33(29,30)20-6-3-16(4-7-20)13-26-24(28)22-12-17-14-25-10-9-21(17)27-22/h3-12,14,27H,13,15H2,1-2H3,(H,26,28). The number of pyridine rings is 1. The molecule has 0 aliphatic heterocycles. The molecule has 0 saturated heterocycles. The van der Waals surface area contributed by atoms with Crippen molar-refractivity contribution in [2.45, 2.75) is 17.2 Å². The first-order valence-corrected chi connectivity index (χ1v) is 11.8. The van der Waals surface area contributed by atoms with Crippen molar-refractivity contribution in [3.63, 3.8) is 0 Å². The molecule has 0 atom stereocenters. The van der Waals surface area contributed by atoms with Crippen molar-refractivity contribution < 1.29 is 22.7 Å². The Bertz CT molecular complexity index is 1360. The Labute approximate surface area is 191 Å². The number of fused-ring (bicyclic) bond motifs is 1. The van der Waals surface area contributed by atoms with Crippen LogP contribution in [0.1, 0.15) is 21.6 Å². The van der Waals surface area contributed by atoms with Crippen LogP contribution in [-0.2, 0) is 22.1 Å². The number of nitrogens with one attached hydrogen (secondary N) is 2. The first-order valence-electron chi connectivity index (χ1n) is 10.1. The van der Waals surface area contributed by atoms with Gasteiger partial charge in [-0.3, -0.25) is 9.78 Å². The number of amides is 1. The van der Waals surface area contributed by atoms with Crippen LogP contribution in [0.15, 0.2) is 71.9 Å². The lowest BCUT2D eigenvalue weighted by Crippen LogP contribution is -2.23. The van der Waals surface area contributed by atoms with Crippen LogP contribution < -0.4 is 14.8 Å². The van der Waals surface area contributed by atoms with Crippen molar-refractivity contribution in [3.8, 4) is 11.5 Å². The maximum absolute atomic E-state index is 12.9. The van der Waals surface area contributed by atoms with Gasteiger partial charge in [-0.1, -0.05) is 12.1 Å². The third kappa shape index (κ3) is 4.98. The molecular formula is C24H23N3O5S. The smallest absolute Gasteiger partial charge is 0.267 e. The maximum Gasteiger partial charge on any atom is 0.267 e. The predicted octanol–water partition coefficient (Wildman–Crippen LogP) is 3.48. The van der Waals surface area contributed by atoms with E-state index < -0.39 is 9.84 Å². The summed E-state index contributed by atoms with van der Waals surface area (Å²) in [6.07, 6.45) is 3.34. The number of aromatic amines is 1. The number of carbonyl (C=O) groups is 1. The van der Waals surface area contributed by atoms with Crippen LogP contribution in [0.3, 0.4) is 0 Å². The summed E-state index contributed by atoms with van der Waals surface area (Å²) in [5, 5.41) is 3.68. The van der Waals surface area contributed by atoms with Crippen LogP contribution in [-0.4, -0.2) is 38.5 Å². The van der Waals surface area contributed by atoms with Gasteiger partial charge in [0.25, 0.3) is 5.91 Å². The highest BCUT2D eigenvalue weighted by Crippen LogP contribution is 2.28. The average molecular weight is 466 g/mol. The van der Waals surface area contributed by atoms with Crippen LogP contribution >= 0.6 is 0 Å². The van der Waals surface area contributed by atoms with Crippen molar-refractivity contribution in [2.75, 3.05) is 14.2 Å². The van der Waals surface area contributed by atoms with Crippen molar-refractivity contribution in [1.82, 2.24) is 15.3 Å². The minimum Gasteiger partial charge on any atom is -0.497 e. The van der Waals surface area contributed by atoms with E-state index >= 15 is 0 Å². The largest absolute Gasteiger partial charge is 0.497 e. The molecule has 2 heterocycles. The second kappa shape index (κ2) is 9.33. The van der Waals surface area contributed by atoms with Gasteiger partial charge in [-0.25, -0.2) is 8.42 Å². The lowest BCUT2D eigenvalue weighted by Gasteiger charge is -2.11. The normalized spacial score (nSPS) is 11.3. The maximum atomic E-state index is 12.9. The van der Waals surface area contributed by atoms with E-state index in [2.05, 4.69) is 15.3 Å². The number of hydrogen-bond donors (Lipinski definition) is 2. The van der Waals surface area contributed by atoms with Gasteiger partial charge in [0, 0.05) is 35.4 Å². The fourth-order valence-electron chi connectivity index (χ4n) is 3.47. The molecule has 0 aliphatic carbocycles. The molecule has 33 heavy (non-hydrogen) atoms. The number of nitrogens with zero attached hydrogens (tertiary/aromatic N) is 1. The van der Waals surface area contributed by atoms with Crippen molar-refractivity contribution >= 4 is 26.6 Å². The molecular weight excluding hydrogens is 442 g/mol. The fraction of sp³-hybridized carbons (Fsp3) is 0.167. The lowest BCUT2D eigenvalue weighted by atomic mass is 10.2. The Morgan fingerprint density at radius 3 is 2.52 bits per heavy atom. The van der Waals surface area contributed by atoms with Gasteiger partial charge in [0.2, 0.25) is 0 Å². The van der Waals surface area contributed by atoms with Crippen molar-refractivity contribution in [3.05, 3.63) is 83.8 Å². The first kappa shape index (κ1) is 22.3. The Morgan fingerprint density at radius 1 is 1.03 bits per heavy atom. The van der Waals surface area contributed by atoms with E-state index in [1.807, 2.05) is 0 Å². The van der Waals surface area contributed by atoms with Gasteiger partial charge in [-0.05, 0) is 48.0 Å². The summed E-state index contributed by atoms with van der Waals surface area (Å²) in [7, 11) is -0.596. The summed E-state index contributed by atoms with van der Waals surface area (Å²) in [5.41, 5.74) is 2.56. The van der Waals surface area contributed by atoms with Crippen molar-refractivity contribution in [2.24, 2.45) is 0 Å². The van der Waals surface area contributed by atoms with Crippen LogP contribution in [0.25, 0.3) is 10.9 Å².